The van der Waals surface area contributed by atoms with Gasteiger partial charge in [0.2, 0.25) is 0 Å². The average Bonchev–Trinajstić information content (AvgIpc) is 2.37. The minimum atomic E-state index is -3.31. The Balaban J connectivity index is 0.000000861. The average molecular weight is 282 g/mol. The lowest BCUT2D eigenvalue weighted by Crippen LogP contribution is -2.20. The Hall–Kier alpha value is -1.69. The maximum atomic E-state index is 12.0. The molecule has 0 aliphatic heterocycles. The number of nitrogens with zero attached hydrogens (tertiary/aromatic N) is 2. The minimum absolute atomic E-state index is 0.132. The quantitative estimate of drug-likeness (QED) is 0.798. The highest BCUT2D eigenvalue weighted by atomic mass is 32.2. The predicted molar refractivity (Wildman–Crippen MR) is 76.2 cm³/mol. The van der Waals surface area contributed by atoms with Crippen LogP contribution in [0.4, 0.5) is 0 Å². The zero-order valence-electron chi connectivity index (χ0n) is 11.8. The fourth-order valence-corrected chi connectivity index (χ4v) is 2.24. The van der Waals surface area contributed by atoms with Gasteiger partial charge in [-0.3, -0.25) is 9.36 Å². The van der Waals surface area contributed by atoms with Gasteiger partial charge in [-0.05, 0) is 25.1 Å². The van der Waals surface area contributed by atoms with Crippen molar-refractivity contribution in [3.63, 3.8) is 0 Å². The van der Waals surface area contributed by atoms with Gasteiger partial charge in [-0.25, -0.2) is 13.4 Å². The molecule has 0 fully saturated rings. The fraction of sp³-hybridized carbons (Fsp3) is 0.385. The van der Waals surface area contributed by atoms with E-state index in [0.717, 1.165) is 6.26 Å². The molecule has 2 aromatic rings. The summed E-state index contributed by atoms with van der Waals surface area (Å²) in [5.41, 5.74) is 0.274. The van der Waals surface area contributed by atoms with Gasteiger partial charge >= 0.3 is 0 Å². The molecular weight excluding hydrogens is 264 g/mol. The third kappa shape index (κ3) is 3.01. The first-order valence-corrected chi connectivity index (χ1v) is 7.87. The molecule has 104 valence electrons. The molecule has 0 bridgehead atoms. The van der Waals surface area contributed by atoms with Gasteiger partial charge in [-0.15, -0.1) is 0 Å². The Morgan fingerprint density at radius 1 is 1.21 bits per heavy atom. The van der Waals surface area contributed by atoms with Gasteiger partial charge in [0.1, 0.15) is 5.82 Å². The molecule has 0 amide bonds. The van der Waals surface area contributed by atoms with Crippen molar-refractivity contribution >= 4 is 20.7 Å². The molecule has 0 radical (unpaired) electrons. The molecule has 0 N–H and O–H groups in total. The first-order chi connectivity index (χ1) is 8.80. The second-order valence-corrected chi connectivity index (χ2v) is 5.99. The predicted octanol–water partition coefficient (Wildman–Crippen LogP) is 1.67. The molecule has 0 aliphatic rings. The fourth-order valence-electron chi connectivity index (χ4n) is 1.59. The summed E-state index contributed by atoms with van der Waals surface area (Å²) >= 11 is 0. The van der Waals surface area contributed by atoms with Crippen LogP contribution in [0.2, 0.25) is 0 Å². The van der Waals surface area contributed by atoms with Crippen molar-refractivity contribution in [2.75, 3.05) is 6.26 Å². The molecule has 5 nitrogen and oxygen atoms in total. The maximum absolute atomic E-state index is 12.0. The first kappa shape index (κ1) is 15.4. The second kappa shape index (κ2) is 5.52. The largest absolute Gasteiger partial charge is 0.299 e. The van der Waals surface area contributed by atoms with Gasteiger partial charge in [-0.1, -0.05) is 13.8 Å². The normalized spacial score (nSPS) is 11.0. The van der Waals surface area contributed by atoms with Crippen molar-refractivity contribution in [3.05, 3.63) is 34.4 Å². The molecule has 0 atom stereocenters. The molecule has 0 spiro atoms. The zero-order valence-corrected chi connectivity index (χ0v) is 12.6. The highest BCUT2D eigenvalue weighted by molar-refractivity contribution is 7.90. The van der Waals surface area contributed by atoms with Gasteiger partial charge < -0.3 is 0 Å². The van der Waals surface area contributed by atoms with Crippen LogP contribution < -0.4 is 5.56 Å². The summed E-state index contributed by atoms with van der Waals surface area (Å²) in [5, 5.41) is 0.320. The van der Waals surface area contributed by atoms with Crippen LogP contribution in [0.3, 0.4) is 0 Å². The van der Waals surface area contributed by atoms with Gasteiger partial charge in [-0.2, -0.15) is 0 Å². The SMILES string of the molecule is CC.Cc1nc2ccc(S(C)(=O)=O)cc2c(=O)n1C. The van der Waals surface area contributed by atoms with Crippen LogP contribution in [-0.4, -0.2) is 24.2 Å². The van der Waals surface area contributed by atoms with Crippen LogP contribution >= 0.6 is 0 Å². The highest BCUT2D eigenvalue weighted by Crippen LogP contribution is 2.15. The summed E-state index contributed by atoms with van der Waals surface area (Å²) < 4.78 is 24.2. The topological polar surface area (TPSA) is 69.0 Å². The number of hydrogen-bond acceptors (Lipinski definition) is 4. The van der Waals surface area contributed by atoms with E-state index < -0.39 is 9.84 Å². The third-order valence-electron chi connectivity index (χ3n) is 2.70. The molecule has 6 heteroatoms. The number of aryl methyl sites for hydroxylation is 1. The number of sulfone groups is 1. The smallest absolute Gasteiger partial charge is 0.261 e. The summed E-state index contributed by atoms with van der Waals surface area (Å²) in [7, 11) is -1.70. The molecule has 1 aromatic heterocycles. The van der Waals surface area contributed by atoms with Crippen molar-refractivity contribution in [2.45, 2.75) is 25.7 Å². The second-order valence-electron chi connectivity index (χ2n) is 3.97. The molecule has 0 saturated carbocycles. The van der Waals surface area contributed by atoms with E-state index in [2.05, 4.69) is 4.98 Å². The van der Waals surface area contributed by atoms with Crippen molar-refractivity contribution in [2.24, 2.45) is 7.05 Å². The molecule has 2 rings (SSSR count). The summed E-state index contributed by atoms with van der Waals surface area (Å²) in [4.78, 5) is 16.3. The Kier molecular flexibility index (Phi) is 4.47. The van der Waals surface area contributed by atoms with Crippen molar-refractivity contribution < 1.29 is 8.42 Å². The van der Waals surface area contributed by atoms with Crippen LogP contribution in [0.15, 0.2) is 27.9 Å². The third-order valence-corrected chi connectivity index (χ3v) is 3.81. The lowest BCUT2D eigenvalue weighted by molar-refractivity contribution is 0.602. The van der Waals surface area contributed by atoms with Crippen LogP contribution in [-0.2, 0) is 16.9 Å². The maximum Gasteiger partial charge on any atom is 0.261 e. The minimum Gasteiger partial charge on any atom is -0.299 e. The van der Waals surface area contributed by atoms with Crippen molar-refractivity contribution in [1.82, 2.24) is 9.55 Å². The summed E-state index contributed by atoms with van der Waals surface area (Å²) in [5.74, 6) is 0.592. The number of benzene rings is 1. The van der Waals surface area contributed by atoms with E-state index in [0.29, 0.717) is 16.7 Å². The Bertz CT molecular complexity index is 761. The summed E-state index contributed by atoms with van der Waals surface area (Å²) in [6.07, 6.45) is 1.11. The van der Waals surface area contributed by atoms with Crippen LogP contribution in [0.25, 0.3) is 10.9 Å². The van der Waals surface area contributed by atoms with Gasteiger partial charge in [0.05, 0.1) is 15.8 Å². The molecule has 0 saturated heterocycles. The number of hydrogen-bond donors (Lipinski definition) is 0. The lowest BCUT2D eigenvalue weighted by Gasteiger charge is -2.06. The monoisotopic (exact) mass is 282 g/mol. The zero-order chi connectivity index (χ0) is 14.8. The standard InChI is InChI=1S/C11H12N2O3S.C2H6/c1-7-12-10-5-4-8(17(3,15)16)6-9(10)11(14)13(7)2;1-2/h4-6H,1-3H3;1-2H3. The first-order valence-electron chi connectivity index (χ1n) is 5.98. The molecule has 0 aliphatic carbocycles. The van der Waals surface area contributed by atoms with E-state index >= 15 is 0 Å². The summed E-state index contributed by atoms with van der Waals surface area (Å²) in [6.45, 7) is 5.73. The van der Waals surface area contributed by atoms with Crippen LogP contribution in [0.5, 0.6) is 0 Å². The molecule has 1 heterocycles. The number of fused-ring (bicyclic) bond motifs is 1. The van der Waals surface area contributed by atoms with Gasteiger partial charge in [0.15, 0.2) is 9.84 Å². The highest BCUT2D eigenvalue weighted by Gasteiger charge is 2.11. The lowest BCUT2D eigenvalue weighted by atomic mass is 10.2. The van der Waals surface area contributed by atoms with Crippen molar-refractivity contribution in [3.8, 4) is 0 Å². The van der Waals surface area contributed by atoms with Crippen LogP contribution in [0.1, 0.15) is 19.7 Å². The van der Waals surface area contributed by atoms with E-state index in [-0.39, 0.29) is 10.5 Å². The molecular formula is C13H18N2O3S. The van der Waals surface area contributed by atoms with E-state index in [9.17, 15) is 13.2 Å². The van der Waals surface area contributed by atoms with E-state index in [1.807, 2.05) is 13.8 Å². The van der Waals surface area contributed by atoms with E-state index in [1.165, 1.54) is 16.7 Å². The van der Waals surface area contributed by atoms with Gasteiger partial charge in [0.25, 0.3) is 5.56 Å². The Morgan fingerprint density at radius 3 is 2.32 bits per heavy atom. The molecule has 19 heavy (non-hydrogen) atoms. The van der Waals surface area contributed by atoms with E-state index in [1.54, 1.807) is 20.0 Å². The molecule has 0 unspecified atom stereocenters. The molecule has 1 aromatic carbocycles. The number of rotatable bonds is 1. The summed E-state index contributed by atoms with van der Waals surface area (Å²) in [6, 6.07) is 4.39. The Morgan fingerprint density at radius 2 is 1.79 bits per heavy atom. The van der Waals surface area contributed by atoms with Crippen LogP contribution in [0, 0.1) is 6.92 Å². The van der Waals surface area contributed by atoms with Crippen molar-refractivity contribution in [1.29, 1.82) is 0 Å². The number of aromatic nitrogens is 2. The van der Waals surface area contributed by atoms with E-state index in [4.69, 9.17) is 0 Å². The Labute approximate surface area is 112 Å². The van der Waals surface area contributed by atoms with Gasteiger partial charge in [0, 0.05) is 13.3 Å².